The Hall–Kier alpha value is -1.76. The number of aliphatic carboxylic acids is 1. The van der Waals surface area contributed by atoms with Gasteiger partial charge >= 0.3 is 5.97 Å². The van der Waals surface area contributed by atoms with E-state index in [9.17, 15) is 14.4 Å². The predicted octanol–water partition coefficient (Wildman–Crippen LogP) is 1.98. The summed E-state index contributed by atoms with van der Waals surface area (Å²) in [7, 11) is 0. The van der Waals surface area contributed by atoms with E-state index in [2.05, 4.69) is 4.98 Å². The Kier molecular flexibility index (Phi) is 4.84. The third-order valence-corrected chi connectivity index (χ3v) is 3.96. The third-order valence-electron chi connectivity index (χ3n) is 3.08. The van der Waals surface area contributed by atoms with Crippen molar-refractivity contribution in [3.63, 3.8) is 0 Å². The molecule has 1 fully saturated rings. The van der Waals surface area contributed by atoms with Gasteiger partial charge in [-0.3, -0.25) is 14.4 Å². The number of imide groups is 1. The summed E-state index contributed by atoms with van der Waals surface area (Å²) < 4.78 is 0. The molecule has 20 heavy (non-hydrogen) atoms. The first-order chi connectivity index (χ1) is 9.58. The normalized spacial score (nSPS) is 16.3. The van der Waals surface area contributed by atoms with Gasteiger partial charge in [-0.25, -0.2) is 9.88 Å². The van der Waals surface area contributed by atoms with E-state index in [-0.39, 0.29) is 18.2 Å². The molecule has 0 bridgehead atoms. The summed E-state index contributed by atoms with van der Waals surface area (Å²) in [5, 5.41) is 10.8. The second kappa shape index (κ2) is 6.60. The maximum Gasteiger partial charge on any atom is 0.303 e. The highest BCUT2D eigenvalue weighted by Crippen LogP contribution is 2.25. The minimum absolute atomic E-state index is 0.0917. The zero-order valence-corrected chi connectivity index (χ0v) is 11.8. The second-order valence-electron chi connectivity index (χ2n) is 4.70. The molecule has 7 heteroatoms. The van der Waals surface area contributed by atoms with Gasteiger partial charge in [0.15, 0.2) is 5.13 Å². The molecule has 0 aliphatic carbocycles. The number of carbonyl (C=O) groups is 3. The molecule has 6 nitrogen and oxygen atoms in total. The number of nitrogens with zero attached hydrogens (tertiary/aromatic N) is 2. The summed E-state index contributed by atoms with van der Waals surface area (Å²) in [5.41, 5.74) is 0.732. The van der Waals surface area contributed by atoms with Crippen molar-refractivity contribution < 1.29 is 19.5 Å². The van der Waals surface area contributed by atoms with E-state index in [1.54, 1.807) is 5.38 Å². The molecule has 2 heterocycles. The molecule has 0 unspecified atom stereocenters. The summed E-state index contributed by atoms with van der Waals surface area (Å²) in [5.74, 6) is -1.23. The minimum Gasteiger partial charge on any atom is -0.481 e. The van der Waals surface area contributed by atoms with E-state index in [4.69, 9.17) is 5.11 Å². The topological polar surface area (TPSA) is 87.6 Å². The molecule has 0 radical (unpaired) electrons. The number of aryl methyl sites for hydroxylation is 1. The Morgan fingerprint density at radius 1 is 1.30 bits per heavy atom. The summed E-state index contributed by atoms with van der Waals surface area (Å²) in [4.78, 5) is 39.8. The van der Waals surface area contributed by atoms with Crippen LogP contribution in [0.5, 0.6) is 0 Å². The molecule has 1 aromatic heterocycles. The van der Waals surface area contributed by atoms with Crippen LogP contribution in [0.15, 0.2) is 5.38 Å². The van der Waals surface area contributed by atoms with Crippen molar-refractivity contribution in [3.05, 3.63) is 11.1 Å². The van der Waals surface area contributed by atoms with Crippen LogP contribution < -0.4 is 4.90 Å². The number of amides is 2. The van der Waals surface area contributed by atoms with Crippen molar-refractivity contribution in [2.75, 3.05) is 4.90 Å². The molecule has 1 aliphatic rings. The van der Waals surface area contributed by atoms with Crippen molar-refractivity contribution in [2.45, 2.75) is 44.9 Å². The fraction of sp³-hybridized carbons (Fsp3) is 0.538. The van der Waals surface area contributed by atoms with E-state index in [1.807, 2.05) is 0 Å². The largest absolute Gasteiger partial charge is 0.481 e. The van der Waals surface area contributed by atoms with Crippen molar-refractivity contribution in [1.29, 1.82) is 0 Å². The Labute approximate surface area is 120 Å². The van der Waals surface area contributed by atoms with E-state index < -0.39 is 5.97 Å². The Morgan fingerprint density at radius 3 is 2.55 bits per heavy atom. The number of hydrogen-bond acceptors (Lipinski definition) is 5. The lowest BCUT2D eigenvalue weighted by atomic mass is 10.2. The number of carbonyl (C=O) groups excluding carboxylic acids is 2. The highest BCUT2D eigenvalue weighted by molar-refractivity contribution is 7.14. The number of aromatic nitrogens is 1. The minimum atomic E-state index is -0.835. The molecule has 108 valence electrons. The van der Waals surface area contributed by atoms with Crippen molar-refractivity contribution in [1.82, 2.24) is 4.98 Å². The number of thiazole rings is 1. The monoisotopic (exact) mass is 296 g/mol. The van der Waals surface area contributed by atoms with Crippen molar-refractivity contribution in [2.24, 2.45) is 0 Å². The van der Waals surface area contributed by atoms with Crippen LogP contribution in [-0.2, 0) is 20.8 Å². The second-order valence-corrected chi connectivity index (χ2v) is 5.54. The number of hydrogen-bond donors (Lipinski definition) is 1. The number of carboxylic acids is 1. The van der Waals surface area contributed by atoms with Gasteiger partial charge < -0.3 is 5.11 Å². The van der Waals surface area contributed by atoms with Gasteiger partial charge in [-0.05, 0) is 25.7 Å². The molecule has 0 aromatic carbocycles. The van der Waals surface area contributed by atoms with Crippen LogP contribution in [0, 0.1) is 0 Å². The number of carboxylic acid groups (broad SMARTS) is 1. The maximum absolute atomic E-state index is 11.9. The summed E-state index contributed by atoms with van der Waals surface area (Å²) in [6.07, 6.45) is 3.35. The van der Waals surface area contributed by atoms with Crippen LogP contribution in [-0.4, -0.2) is 27.9 Å². The van der Waals surface area contributed by atoms with Crippen LogP contribution in [0.2, 0.25) is 0 Å². The zero-order chi connectivity index (χ0) is 14.5. The SMILES string of the molecule is O=C(O)CCCc1csc(N2C(=O)CCCCC2=O)n1. The molecule has 1 aliphatic heterocycles. The van der Waals surface area contributed by atoms with Gasteiger partial charge in [0.05, 0.1) is 5.69 Å². The van der Waals surface area contributed by atoms with Crippen LogP contribution in [0.4, 0.5) is 5.13 Å². The Bertz CT molecular complexity index is 508. The van der Waals surface area contributed by atoms with Crippen LogP contribution >= 0.6 is 11.3 Å². The van der Waals surface area contributed by atoms with Crippen LogP contribution in [0.3, 0.4) is 0 Å². The van der Waals surface area contributed by atoms with Crippen LogP contribution in [0.25, 0.3) is 0 Å². The lowest BCUT2D eigenvalue weighted by Crippen LogP contribution is -2.35. The average molecular weight is 296 g/mol. The quantitative estimate of drug-likeness (QED) is 0.839. The number of rotatable bonds is 5. The first kappa shape index (κ1) is 14.6. The van der Waals surface area contributed by atoms with Crippen molar-refractivity contribution in [3.8, 4) is 0 Å². The van der Waals surface area contributed by atoms with Crippen LogP contribution in [0.1, 0.15) is 44.2 Å². The van der Waals surface area contributed by atoms with Gasteiger partial charge in [-0.1, -0.05) is 0 Å². The average Bonchev–Trinajstić information content (AvgIpc) is 2.76. The van der Waals surface area contributed by atoms with Gasteiger partial charge in [-0.2, -0.15) is 0 Å². The molecule has 1 N–H and O–H groups in total. The van der Waals surface area contributed by atoms with E-state index in [1.165, 1.54) is 16.2 Å². The van der Waals surface area contributed by atoms with Gasteiger partial charge in [-0.15, -0.1) is 11.3 Å². The fourth-order valence-corrected chi connectivity index (χ4v) is 2.95. The lowest BCUT2D eigenvalue weighted by Gasteiger charge is -2.14. The lowest BCUT2D eigenvalue weighted by molar-refractivity contribution is -0.137. The Balaban J connectivity index is 2.04. The molecule has 1 aromatic rings. The summed E-state index contributed by atoms with van der Waals surface area (Å²) in [6.45, 7) is 0. The highest BCUT2D eigenvalue weighted by Gasteiger charge is 2.27. The maximum atomic E-state index is 11.9. The van der Waals surface area contributed by atoms with E-state index in [0.29, 0.717) is 30.8 Å². The fourth-order valence-electron chi connectivity index (χ4n) is 2.06. The van der Waals surface area contributed by atoms with Crippen molar-refractivity contribution >= 4 is 34.3 Å². The molecule has 2 rings (SSSR count). The molecule has 1 saturated heterocycles. The van der Waals surface area contributed by atoms with Gasteiger partial charge in [0.2, 0.25) is 11.8 Å². The smallest absolute Gasteiger partial charge is 0.303 e. The molecule has 0 atom stereocenters. The Morgan fingerprint density at radius 2 is 1.95 bits per heavy atom. The predicted molar refractivity (Wildman–Crippen MR) is 73.6 cm³/mol. The molecule has 0 spiro atoms. The molecular formula is C13H16N2O4S. The highest BCUT2D eigenvalue weighted by atomic mass is 32.1. The molecule has 2 amide bonds. The van der Waals surface area contributed by atoms with Gasteiger partial charge in [0.1, 0.15) is 0 Å². The first-order valence-electron chi connectivity index (χ1n) is 6.60. The molecular weight excluding hydrogens is 280 g/mol. The van der Waals surface area contributed by atoms with E-state index in [0.717, 1.165) is 18.5 Å². The van der Waals surface area contributed by atoms with Gasteiger partial charge in [0.25, 0.3) is 0 Å². The first-order valence-corrected chi connectivity index (χ1v) is 7.48. The summed E-state index contributed by atoms with van der Waals surface area (Å²) >= 11 is 1.26. The molecule has 0 saturated carbocycles. The zero-order valence-electron chi connectivity index (χ0n) is 11.0. The third kappa shape index (κ3) is 3.63. The van der Waals surface area contributed by atoms with Gasteiger partial charge in [0, 0.05) is 24.6 Å². The summed E-state index contributed by atoms with van der Waals surface area (Å²) in [6, 6.07) is 0. The standard InChI is InChI=1S/C13H16N2O4S/c16-10-5-1-2-6-11(17)15(10)13-14-9(8-20-13)4-3-7-12(18)19/h8H,1-7H2,(H,18,19). The van der Waals surface area contributed by atoms with E-state index >= 15 is 0 Å². The number of anilines is 1.